The molecule has 0 aliphatic heterocycles. The van der Waals surface area contributed by atoms with Gasteiger partial charge in [0.25, 0.3) is 0 Å². The Labute approximate surface area is 67.9 Å². The van der Waals surface area contributed by atoms with Crippen molar-refractivity contribution in [2.75, 3.05) is 0 Å². The third kappa shape index (κ3) is 1.95. The Bertz CT molecular complexity index is 170. The van der Waals surface area contributed by atoms with Crippen LogP contribution in [0.5, 0.6) is 0 Å². The Morgan fingerprint density at radius 1 is 1.55 bits per heavy atom. The number of ether oxygens (including phenoxy) is 1. The van der Waals surface area contributed by atoms with Crippen molar-refractivity contribution in [1.82, 2.24) is 0 Å². The van der Waals surface area contributed by atoms with Crippen molar-refractivity contribution < 1.29 is 9.53 Å². The van der Waals surface area contributed by atoms with Crippen molar-refractivity contribution in [3.63, 3.8) is 0 Å². The molecule has 0 aromatic rings. The lowest BCUT2D eigenvalue weighted by atomic mass is 10.1. The smallest absolute Gasteiger partial charge is 0.309 e. The van der Waals surface area contributed by atoms with Gasteiger partial charge in [-0.15, -0.1) is 0 Å². The summed E-state index contributed by atoms with van der Waals surface area (Å²) in [5, 5.41) is 0. The van der Waals surface area contributed by atoms with Crippen molar-refractivity contribution in [1.29, 1.82) is 0 Å². The lowest BCUT2D eigenvalue weighted by Crippen LogP contribution is -2.15. The molecule has 0 aromatic carbocycles. The van der Waals surface area contributed by atoms with Crippen LogP contribution in [0.2, 0.25) is 0 Å². The molecule has 0 amide bonds. The van der Waals surface area contributed by atoms with E-state index in [9.17, 15) is 4.79 Å². The molecule has 0 heterocycles. The molecule has 1 atom stereocenters. The molecule has 2 heteroatoms. The van der Waals surface area contributed by atoms with Crippen LogP contribution >= 0.6 is 0 Å². The normalized spacial score (nSPS) is 26.8. The minimum atomic E-state index is -0.0231. The van der Waals surface area contributed by atoms with E-state index in [2.05, 4.69) is 13.8 Å². The lowest BCUT2D eigenvalue weighted by Gasteiger charge is -2.08. The van der Waals surface area contributed by atoms with Gasteiger partial charge in [0.2, 0.25) is 0 Å². The molecule has 0 N–H and O–H groups in total. The highest BCUT2D eigenvalue weighted by Crippen LogP contribution is 2.52. The van der Waals surface area contributed by atoms with Gasteiger partial charge in [-0.2, -0.15) is 0 Å². The molecule has 1 saturated carbocycles. The zero-order valence-electron chi connectivity index (χ0n) is 7.68. The fraction of sp³-hybridized carbons (Fsp3) is 0.889. The molecule has 0 aromatic heterocycles. The molecule has 64 valence electrons. The zero-order valence-corrected chi connectivity index (χ0v) is 7.68. The van der Waals surface area contributed by atoms with Gasteiger partial charge in [-0.3, -0.25) is 4.79 Å². The van der Waals surface area contributed by atoms with E-state index in [0.29, 0.717) is 0 Å². The van der Waals surface area contributed by atoms with Gasteiger partial charge in [-0.05, 0) is 25.7 Å². The Morgan fingerprint density at radius 3 is 2.27 bits per heavy atom. The second kappa shape index (κ2) is 2.50. The van der Waals surface area contributed by atoms with Gasteiger partial charge in [-0.1, -0.05) is 13.8 Å². The Balaban J connectivity index is 2.34. The van der Waals surface area contributed by atoms with Crippen LogP contribution < -0.4 is 0 Å². The van der Waals surface area contributed by atoms with Crippen molar-refractivity contribution in [3.8, 4) is 0 Å². The summed E-state index contributed by atoms with van der Waals surface area (Å²) < 4.78 is 5.07. The van der Waals surface area contributed by atoms with Gasteiger partial charge < -0.3 is 4.74 Å². The Kier molecular flexibility index (Phi) is 1.95. The highest BCUT2D eigenvalue weighted by molar-refractivity contribution is 5.76. The first-order valence-corrected chi connectivity index (χ1v) is 4.14. The summed E-state index contributed by atoms with van der Waals surface area (Å²) in [6.07, 6.45) is 1.01. The number of esters is 1. The summed E-state index contributed by atoms with van der Waals surface area (Å²) in [4.78, 5) is 11.2. The maximum Gasteiger partial charge on any atom is 0.309 e. The van der Waals surface area contributed by atoms with Gasteiger partial charge in [0.1, 0.15) is 0 Å². The van der Waals surface area contributed by atoms with E-state index < -0.39 is 0 Å². The highest BCUT2D eigenvalue weighted by Gasteiger charge is 2.51. The minimum Gasteiger partial charge on any atom is -0.463 e. The number of carbonyl (C=O) groups is 1. The molecular formula is C9H16O2. The predicted molar refractivity (Wildman–Crippen MR) is 43.1 cm³/mol. The molecular weight excluding hydrogens is 140 g/mol. The predicted octanol–water partition coefficient (Wildman–Crippen LogP) is 1.98. The fourth-order valence-electron chi connectivity index (χ4n) is 1.18. The standard InChI is InChI=1S/C9H16O2/c1-6(2)11-8(10)7-5-9(7,3)4/h6-7H,5H2,1-4H3. The average molecular weight is 156 g/mol. The molecule has 11 heavy (non-hydrogen) atoms. The molecule has 1 aliphatic rings. The number of hydrogen-bond donors (Lipinski definition) is 0. The summed E-state index contributed by atoms with van der Waals surface area (Å²) in [5.41, 5.74) is 0.200. The summed E-state index contributed by atoms with van der Waals surface area (Å²) >= 11 is 0. The van der Waals surface area contributed by atoms with Gasteiger partial charge in [-0.25, -0.2) is 0 Å². The van der Waals surface area contributed by atoms with Crippen LogP contribution in [0.25, 0.3) is 0 Å². The summed E-state index contributed by atoms with van der Waals surface area (Å²) in [7, 11) is 0. The molecule has 0 spiro atoms. The van der Waals surface area contributed by atoms with E-state index >= 15 is 0 Å². The molecule has 1 fully saturated rings. The molecule has 1 rings (SSSR count). The Morgan fingerprint density at radius 2 is 2.00 bits per heavy atom. The van der Waals surface area contributed by atoms with Crippen LogP contribution in [-0.2, 0) is 9.53 Å². The van der Waals surface area contributed by atoms with E-state index in [1.807, 2.05) is 13.8 Å². The first-order chi connectivity index (χ1) is 4.93. The first-order valence-electron chi connectivity index (χ1n) is 4.14. The second-order valence-electron chi connectivity index (χ2n) is 4.23. The van der Waals surface area contributed by atoms with E-state index in [1.165, 1.54) is 0 Å². The van der Waals surface area contributed by atoms with Crippen LogP contribution in [0.3, 0.4) is 0 Å². The van der Waals surface area contributed by atoms with Crippen LogP contribution in [-0.4, -0.2) is 12.1 Å². The van der Waals surface area contributed by atoms with Crippen LogP contribution in [0.4, 0.5) is 0 Å². The van der Waals surface area contributed by atoms with Gasteiger partial charge in [0.15, 0.2) is 0 Å². The number of hydrogen-bond acceptors (Lipinski definition) is 2. The van der Waals surface area contributed by atoms with Crippen molar-refractivity contribution in [2.45, 2.75) is 40.2 Å². The molecule has 0 saturated heterocycles. The van der Waals surface area contributed by atoms with E-state index in [0.717, 1.165) is 6.42 Å². The van der Waals surface area contributed by atoms with E-state index in [1.54, 1.807) is 0 Å². The molecule has 0 bridgehead atoms. The third-order valence-electron chi connectivity index (χ3n) is 2.15. The summed E-state index contributed by atoms with van der Waals surface area (Å²) in [5.74, 6) is 0.134. The lowest BCUT2D eigenvalue weighted by molar-refractivity contribution is -0.149. The monoisotopic (exact) mass is 156 g/mol. The van der Waals surface area contributed by atoms with Crippen LogP contribution in [0.1, 0.15) is 34.1 Å². The summed E-state index contributed by atoms with van der Waals surface area (Å²) in [6, 6.07) is 0. The summed E-state index contributed by atoms with van der Waals surface area (Å²) in [6.45, 7) is 7.96. The number of carbonyl (C=O) groups excluding carboxylic acids is 1. The van der Waals surface area contributed by atoms with Crippen LogP contribution in [0.15, 0.2) is 0 Å². The maximum atomic E-state index is 11.2. The SMILES string of the molecule is CC(C)OC(=O)C1CC1(C)C. The van der Waals surface area contributed by atoms with E-state index in [-0.39, 0.29) is 23.4 Å². The maximum absolute atomic E-state index is 11.2. The van der Waals surface area contributed by atoms with Gasteiger partial charge in [0, 0.05) is 0 Å². The fourth-order valence-corrected chi connectivity index (χ4v) is 1.18. The first kappa shape index (κ1) is 8.57. The molecule has 1 unspecified atom stereocenters. The molecule has 1 aliphatic carbocycles. The minimum absolute atomic E-state index is 0.0231. The largest absolute Gasteiger partial charge is 0.463 e. The topological polar surface area (TPSA) is 26.3 Å². The Hall–Kier alpha value is -0.530. The highest BCUT2D eigenvalue weighted by atomic mass is 16.5. The quantitative estimate of drug-likeness (QED) is 0.571. The zero-order chi connectivity index (χ0) is 8.65. The van der Waals surface area contributed by atoms with Gasteiger partial charge >= 0.3 is 5.97 Å². The number of rotatable bonds is 2. The molecule has 2 nitrogen and oxygen atoms in total. The second-order valence-corrected chi connectivity index (χ2v) is 4.23. The van der Waals surface area contributed by atoms with Crippen molar-refractivity contribution in [3.05, 3.63) is 0 Å². The molecule has 0 radical (unpaired) electrons. The average Bonchev–Trinajstić information content (AvgIpc) is 2.38. The third-order valence-corrected chi connectivity index (χ3v) is 2.15. The van der Waals surface area contributed by atoms with Crippen molar-refractivity contribution in [2.24, 2.45) is 11.3 Å². The van der Waals surface area contributed by atoms with Crippen LogP contribution in [0, 0.1) is 11.3 Å². The van der Waals surface area contributed by atoms with Gasteiger partial charge in [0.05, 0.1) is 12.0 Å². The van der Waals surface area contributed by atoms with E-state index in [4.69, 9.17) is 4.74 Å². The van der Waals surface area contributed by atoms with Crippen molar-refractivity contribution >= 4 is 5.97 Å².